The first-order chi connectivity index (χ1) is 14.7. The van der Waals surface area contributed by atoms with E-state index >= 15 is 0 Å². The number of nitrogens with zero attached hydrogens (tertiary/aromatic N) is 2. The maximum atomic E-state index is 13.3. The Bertz CT molecular complexity index is 1090. The summed E-state index contributed by atoms with van der Waals surface area (Å²) in [4.78, 5) is 13.3. The van der Waals surface area contributed by atoms with Crippen LogP contribution in [0.15, 0.2) is 48.7 Å². The third-order valence-electron chi connectivity index (χ3n) is 5.77. The van der Waals surface area contributed by atoms with E-state index < -0.39 is 0 Å². The molecule has 1 aromatic heterocycles. The predicted molar refractivity (Wildman–Crippen MR) is 114 cm³/mol. The molecule has 30 heavy (non-hydrogen) atoms. The van der Waals surface area contributed by atoms with Gasteiger partial charge in [0.15, 0.2) is 11.5 Å². The van der Waals surface area contributed by atoms with Crippen LogP contribution in [-0.2, 0) is 13.5 Å². The molecule has 3 aromatic rings. The second-order valence-corrected chi connectivity index (χ2v) is 7.89. The van der Waals surface area contributed by atoms with Gasteiger partial charge in [0, 0.05) is 25.2 Å². The van der Waals surface area contributed by atoms with Crippen LogP contribution in [0.5, 0.6) is 11.5 Å². The van der Waals surface area contributed by atoms with Crippen LogP contribution < -0.4 is 14.8 Å². The van der Waals surface area contributed by atoms with Gasteiger partial charge in [0.25, 0.3) is 5.91 Å². The molecule has 2 heterocycles. The van der Waals surface area contributed by atoms with E-state index in [0.29, 0.717) is 30.2 Å². The lowest BCUT2D eigenvalue weighted by molar-refractivity contribution is 0.0933. The summed E-state index contributed by atoms with van der Waals surface area (Å²) in [5, 5.41) is 7.81. The molecule has 1 aliphatic heterocycles. The van der Waals surface area contributed by atoms with Gasteiger partial charge in [0.1, 0.15) is 5.69 Å². The highest BCUT2D eigenvalue weighted by Crippen LogP contribution is 2.35. The lowest BCUT2D eigenvalue weighted by Crippen LogP contribution is -2.31. The van der Waals surface area contributed by atoms with Crippen LogP contribution in [0.25, 0.3) is 11.3 Å². The fraction of sp³-hybridized carbons (Fsp3) is 0.333. The molecule has 0 bridgehead atoms. The average Bonchev–Trinajstić information content (AvgIpc) is 3.01. The number of rotatable bonds is 3. The number of aromatic nitrogens is 2. The third kappa shape index (κ3) is 3.54. The molecule has 0 saturated heterocycles. The molecule has 2 aliphatic rings. The summed E-state index contributed by atoms with van der Waals surface area (Å²) in [6.45, 7) is 1.26. The Hall–Kier alpha value is -3.28. The predicted octanol–water partition coefficient (Wildman–Crippen LogP) is 4.06. The smallest absolute Gasteiger partial charge is 0.255 e. The Morgan fingerprint density at radius 3 is 2.83 bits per heavy atom. The minimum atomic E-state index is -0.105. The molecule has 2 aromatic carbocycles. The molecule has 1 amide bonds. The van der Waals surface area contributed by atoms with Crippen molar-refractivity contribution in [1.82, 2.24) is 15.1 Å². The minimum absolute atomic E-state index is 0.0271. The number of hydrogen-bond donors (Lipinski definition) is 1. The monoisotopic (exact) mass is 403 g/mol. The number of fused-ring (bicyclic) bond motifs is 2. The van der Waals surface area contributed by atoms with Crippen LogP contribution in [0.4, 0.5) is 0 Å². The molecule has 1 atom stereocenters. The summed E-state index contributed by atoms with van der Waals surface area (Å²) in [7, 11) is 1.83. The number of nitrogens with one attached hydrogen (secondary N) is 1. The number of carbonyl (C=O) groups is 1. The molecule has 0 saturated carbocycles. The topological polar surface area (TPSA) is 65.4 Å². The molecule has 1 N–H and O–H groups in total. The summed E-state index contributed by atoms with van der Waals surface area (Å²) in [6.07, 6.45) is 5.72. The molecule has 154 valence electrons. The average molecular weight is 403 g/mol. The summed E-state index contributed by atoms with van der Waals surface area (Å²) < 4.78 is 13.2. The van der Waals surface area contributed by atoms with Gasteiger partial charge in [0.05, 0.1) is 24.8 Å². The van der Waals surface area contributed by atoms with Crippen LogP contribution in [0.3, 0.4) is 0 Å². The summed E-state index contributed by atoms with van der Waals surface area (Å²) in [5.74, 6) is 1.33. The number of carbonyl (C=O) groups excluding carboxylic acids is 1. The summed E-state index contributed by atoms with van der Waals surface area (Å²) >= 11 is 0. The van der Waals surface area contributed by atoms with Crippen molar-refractivity contribution in [2.45, 2.75) is 31.7 Å². The molecule has 0 spiro atoms. The van der Waals surface area contributed by atoms with Crippen molar-refractivity contribution in [2.24, 2.45) is 7.05 Å². The molecule has 6 nitrogen and oxygen atoms in total. The van der Waals surface area contributed by atoms with Crippen LogP contribution in [-0.4, -0.2) is 28.9 Å². The second-order valence-electron chi connectivity index (χ2n) is 7.89. The van der Waals surface area contributed by atoms with E-state index in [-0.39, 0.29) is 11.9 Å². The molecule has 0 fully saturated rings. The molecular weight excluding hydrogens is 378 g/mol. The molecule has 0 unspecified atom stereocenters. The van der Waals surface area contributed by atoms with E-state index in [0.717, 1.165) is 37.0 Å². The van der Waals surface area contributed by atoms with E-state index in [4.69, 9.17) is 9.47 Å². The maximum absolute atomic E-state index is 13.3. The van der Waals surface area contributed by atoms with Crippen LogP contribution in [0, 0.1) is 0 Å². The Labute approximate surface area is 175 Å². The number of benzene rings is 2. The van der Waals surface area contributed by atoms with Crippen molar-refractivity contribution >= 4 is 5.91 Å². The zero-order chi connectivity index (χ0) is 20.5. The van der Waals surface area contributed by atoms with Crippen LogP contribution in [0.1, 0.15) is 46.8 Å². The van der Waals surface area contributed by atoms with Crippen LogP contribution in [0.2, 0.25) is 0 Å². The second kappa shape index (κ2) is 7.86. The first-order valence-corrected chi connectivity index (χ1v) is 10.5. The first-order valence-electron chi connectivity index (χ1n) is 10.5. The van der Waals surface area contributed by atoms with Gasteiger partial charge in [-0.1, -0.05) is 24.3 Å². The highest BCUT2D eigenvalue weighted by molar-refractivity contribution is 6.00. The van der Waals surface area contributed by atoms with E-state index in [1.165, 1.54) is 11.1 Å². The summed E-state index contributed by atoms with van der Waals surface area (Å²) in [6, 6.07) is 14.1. The van der Waals surface area contributed by atoms with Gasteiger partial charge in [-0.25, -0.2) is 0 Å². The number of hydrogen-bond acceptors (Lipinski definition) is 4. The third-order valence-corrected chi connectivity index (χ3v) is 5.77. The van der Waals surface area contributed by atoms with Gasteiger partial charge in [-0.2, -0.15) is 5.10 Å². The highest BCUT2D eigenvalue weighted by atomic mass is 16.5. The van der Waals surface area contributed by atoms with Crippen molar-refractivity contribution in [1.29, 1.82) is 0 Å². The first kappa shape index (κ1) is 18.7. The van der Waals surface area contributed by atoms with Crippen molar-refractivity contribution in [3.63, 3.8) is 0 Å². The Kier molecular flexibility index (Phi) is 4.91. The molecule has 1 aliphatic carbocycles. The van der Waals surface area contributed by atoms with Gasteiger partial charge in [-0.05, 0) is 48.6 Å². The van der Waals surface area contributed by atoms with E-state index in [2.05, 4.69) is 28.6 Å². The van der Waals surface area contributed by atoms with Gasteiger partial charge >= 0.3 is 0 Å². The summed E-state index contributed by atoms with van der Waals surface area (Å²) in [5.41, 5.74) is 4.60. The van der Waals surface area contributed by atoms with Crippen LogP contribution >= 0.6 is 0 Å². The minimum Gasteiger partial charge on any atom is -0.490 e. The number of amides is 1. The van der Waals surface area contributed by atoms with E-state index in [9.17, 15) is 4.79 Å². The zero-order valence-corrected chi connectivity index (χ0v) is 17.1. The molecular formula is C24H25N3O3. The quantitative estimate of drug-likeness (QED) is 0.716. The van der Waals surface area contributed by atoms with Crippen molar-refractivity contribution in [2.75, 3.05) is 13.2 Å². The number of aryl methyl sites for hydroxylation is 2. The van der Waals surface area contributed by atoms with Gasteiger partial charge < -0.3 is 14.8 Å². The van der Waals surface area contributed by atoms with Crippen molar-refractivity contribution in [3.8, 4) is 22.8 Å². The van der Waals surface area contributed by atoms with Crippen molar-refractivity contribution in [3.05, 3.63) is 65.4 Å². The molecule has 0 radical (unpaired) electrons. The van der Waals surface area contributed by atoms with E-state index in [1.54, 1.807) is 10.9 Å². The van der Waals surface area contributed by atoms with E-state index in [1.807, 2.05) is 31.3 Å². The number of ether oxygens (including phenoxy) is 2. The Balaban J connectivity index is 1.44. The van der Waals surface area contributed by atoms with Gasteiger partial charge in [-0.15, -0.1) is 0 Å². The lowest BCUT2D eigenvalue weighted by atomic mass is 9.87. The van der Waals surface area contributed by atoms with Gasteiger partial charge in [0.2, 0.25) is 0 Å². The SMILES string of the molecule is Cn1cc(C(=O)N[C@@H]2CCCc3ccccc32)c(-c2ccc3c(c2)OCCCO3)n1. The fourth-order valence-electron chi connectivity index (χ4n) is 4.32. The lowest BCUT2D eigenvalue weighted by Gasteiger charge is -2.26. The largest absolute Gasteiger partial charge is 0.490 e. The molecule has 6 heteroatoms. The standard InChI is InChI=1S/C24H25N3O3/c1-27-15-19(24(28)25-20-9-4-7-16-6-2-3-8-18(16)20)23(26-27)17-10-11-21-22(14-17)30-13-5-12-29-21/h2-3,6,8,10-11,14-15,20H,4-5,7,9,12-13H2,1H3,(H,25,28)/t20-/m1/s1. The Morgan fingerprint density at radius 2 is 1.93 bits per heavy atom. The zero-order valence-electron chi connectivity index (χ0n) is 17.1. The highest BCUT2D eigenvalue weighted by Gasteiger charge is 2.25. The fourth-order valence-corrected chi connectivity index (χ4v) is 4.32. The molecule has 5 rings (SSSR count). The normalized spacial score (nSPS) is 17.7. The van der Waals surface area contributed by atoms with Gasteiger partial charge in [-0.3, -0.25) is 9.48 Å². The Morgan fingerprint density at radius 1 is 1.10 bits per heavy atom. The van der Waals surface area contributed by atoms with Crippen molar-refractivity contribution < 1.29 is 14.3 Å². The maximum Gasteiger partial charge on any atom is 0.255 e.